The summed E-state index contributed by atoms with van der Waals surface area (Å²) in [5.41, 5.74) is 7.32. The van der Waals surface area contributed by atoms with Gasteiger partial charge in [-0.25, -0.2) is 0 Å². The second kappa shape index (κ2) is 9.80. The molecule has 0 bridgehead atoms. The zero-order chi connectivity index (χ0) is 27.1. The number of rotatable bonds is 6. The van der Waals surface area contributed by atoms with Crippen molar-refractivity contribution in [3.8, 4) is 22.6 Å². The summed E-state index contributed by atoms with van der Waals surface area (Å²) in [6, 6.07) is 26.3. The standard InChI is InChI=1S/C33H28N2O4/c1-20-7-10-22(11-8-20)29-27(19-36)35-17-5-4-6-26(35)30(29)31-33(32(37)23-12-14-24(38-3)15-13-23)39-28-18-21(2)9-16-25(28)34-31/h4-19,31,33-34H,1-3H3/t31-,33+/m0/s1. The number of aryl methyl sites for hydroxylation is 2. The minimum atomic E-state index is -0.886. The number of ketones is 1. The number of carbonyl (C=O) groups is 2. The van der Waals surface area contributed by atoms with Crippen LogP contribution in [0.3, 0.4) is 0 Å². The third-order valence-corrected chi connectivity index (χ3v) is 7.32. The number of nitrogens with one attached hydrogen (secondary N) is 1. The summed E-state index contributed by atoms with van der Waals surface area (Å²) in [5.74, 6) is 1.12. The van der Waals surface area contributed by atoms with E-state index in [1.54, 1.807) is 31.4 Å². The van der Waals surface area contributed by atoms with Crippen LogP contribution >= 0.6 is 0 Å². The van der Waals surface area contributed by atoms with Crippen molar-refractivity contribution in [3.05, 3.63) is 119 Å². The molecule has 0 amide bonds. The van der Waals surface area contributed by atoms with Gasteiger partial charge in [-0.05, 0) is 73.5 Å². The van der Waals surface area contributed by atoms with E-state index in [2.05, 4.69) is 5.32 Å². The van der Waals surface area contributed by atoms with Crippen molar-refractivity contribution in [2.45, 2.75) is 26.0 Å². The summed E-state index contributed by atoms with van der Waals surface area (Å²) < 4.78 is 13.7. The summed E-state index contributed by atoms with van der Waals surface area (Å²) in [6.45, 7) is 4.02. The number of benzene rings is 3. The third kappa shape index (κ3) is 4.24. The molecule has 0 saturated carbocycles. The lowest BCUT2D eigenvalue weighted by molar-refractivity contribution is 0.0746. The summed E-state index contributed by atoms with van der Waals surface area (Å²) >= 11 is 0. The van der Waals surface area contributed by atoms with Crippen molar-refractivity contribution in [1.82, 2.24) is 4.40 Å². The Morgan fingerprint density at radius 2 is 1.69 bits per heavy atom. The molecule has 3 heterocycles. The van der Waals surface area contributed by atoms with E-state index in [0.717, 1.165) is 45.3 Å². The zero-order valence-electron chi connectivity index (χ0n) is 22.0. The minimum absolute atomic E-state index is 0.167. The van der Waals surface area contributed by atoms with Gasteiger partial charge in [-0.3, -0.25) is 9.59 Å². The summed E-state index contributed by atoms with van der Waals surface area (Å²) in [6.07, 6.45) is 1.87. The molecule has 6 rings (SSSR count). The van der Waals surface area contributed by atoms with E-state index in [-0.39, 0.29) is 5.78 Å². The third-order valence-electron chi connectivity index (χ3n) is 7.32. The average Bonchev–Trinajstić information content (AvgIpc) is 3.30. The van der Waals surface area contributed by atoms with Gasteiger partial charge < -0.3 is 19.2 Å². The van der Waals surface area contributed by atoms with Crippen LogP contribution < -0.4 is 14.8 Å². The van der Waals surface area contributed by atoms with E-state index in [4.69, 9.17) is 9.47 Å². The molecule has 5 aromatic rings. The molecule has 0 saturated heterocycles. The fourth-order valence-electron chi connectivity index (χ4n) is 5.36. The molecule has 2 aromatic heterocycles. The highest BCUT2D eigenvalue weighted by atomic mass is 16.5. The van der Waals surface area contributed by atoms with Crippen LogP contribution in [0.15, 0.2) is 91.1 Å². The molecule has 1 aliphatic rings. The van der Waals surface area contributed by atoms with E-state index in [1.807, 2.05) is 85.1 Å². The van der Waals surface area contributed by atoms with Crippen LogP contribution in [0.1, 0.15) is 43.6 Å². The lowest BCUT2D eigenvalue weighted by Gasteiger charge is -2.35. The quantitative estimate of drug-likeness (QED) is 0.198. The van der Waals surface area contributed by atoms with Gasteiger partial charge in [0.25, 0.3) is 0 Å². The molecule has 39 heavy (non-hydrogen) atoms. The molecular formula is C33H28N2O4. The average molecular weight is 517 g/mol. The van der Waals surface area contributed by atoms with Gasteiger partial charge in [0, 0.05) is 22.9 Å². The maximum absolute atomic E-state index is 14.1. The van der Waals surface area contributed by atoms with Crippen LogP contribution in [-0.2, 0) is 0 Å². The fourth-order valence-corrected chi connectivity index (χ4v) is 5.36. The van der Waals surface area contributed by atoms with E-state index in [0.29, 0.717) is 22.8 Å². The number of anilines is 1. The molecule has 194 valence electrons. The first-order chi connectivity index (χ1) is 19.0. The van der Waals surface area contributed by atoms with Crippen LogP contribution in [0.25, 0.3) is 16.6 Å². The summed E-state index contributed by atoms with van der Waals surface area (Å²) in [4.78, 5) is 26.7. The number of hydrogen-bond acceptors (Lipinski definition) is 5. The molecule has 1 N–H and O–H groups in total. The van der Waals surface area contributed by atoms with E-state index < -0.39 is 12.1 Å². The van der Waals surface area contributed by atoms with Crippen molar-refractivity contribution in [1.29, 1.82) is 0 Å². The highest BCUT2D eigenvalue weighted by Gasteiger charge is 2.40. The number of methoxy groups -OCH3 is 1. The highest BCUT2D eigenvalue weighted by molar-refractivity contribution is 6.02. The van der Waals surface area contributed by atoms with Crippen molar-refractivity contribution in [3.63, 3.8) is 0 Å². The SMILES string of the molecule is COc1ccc(C(=O)[C@@H]2Oc3cc(C)ccc3N[C@H]2c2c(-c3ccc(C)cc3)c(C=O)n3ccccc23)cc1. The van der Waals surface area contributed by atoms with E-state index in [1.165, 1.54) is 0 Å². The number of ether oxygens (including phenoxy) is 2. The van der Waals surface area contributed by atoms with Crippen LogP contribution in [0, 0.1) is 13.8 Å². The van der Waals surface area contributed by atoms with Crippen molar-refractivity contribution in [2.24, 2.45) is 0 Å². The Morgan fingerprint density at radius 1 is 0.949 bits per heavy atom. The fraction of sp³-hybridized carbons (Fsp3) is 0.152. The van der Waals surface area contributed by atoms with Gasteiger partial charge in [0.1, 0.15) is 11.5 Å². The Hall–Kier alpha value is -4.84. The number of aromatic nitrogens is 1. The maximum atomic E-state index is 14.1. The summed E-state index contributed by atoms with van der Waals surface area (Å²) in [7, 11) is 1.59. The van der Waals surface area contributed by atoms with Gasteiger partial charge in [0.05, 0.1) is 30.0 Å². The number of nitrogens with zero attached hydrogens (tertiary/aromatic N) is 1. The van der Waals surface area contributed by atoms with Crippen molar-refractivity contribution in [2.75, 3.05) is 12.4 Å². The molecule has 1 aliphatic heterocycles. The van der Waals surface area contributed by atoms with E-state index >= 15 is 0 Å². The number of carbonyl (C=O) groups excluding carboxylic acids is 2. The predicted octanol–water partition coefficient (Wildman–Crippen LogP) is 6.84. The molecule has 0 unspecified atom stereocenters. The van der Waals surface area contributed by atoms with Crippen molar-refractivity contribution < 1.29 is 19.1 Å². The molecule has 2 atom stereocenters. The molecule has 0 aliphatic carbocycles. The first kappa shape index (κ1) is 24.5. The van der Waals surface area contributed by atoms with E-state index in [9.17, 15) is 9.59 Å². The summed E-state index contributed by atoms with van der Waals surface area (Å²) in [5, 5.41) is 3.62. The number of fused-ring (bicyclic) bond motifs is 2. The van der Waals surface area contributed by atoms with Crippen LogP contribution in [0.2, 0.25) is 0 Å². The Labute approximate surface area is 226 Å². The minimum Gasteiger partial charge on any atom is -0.497 e. The Balaban J connectivity index is 1.59. The second-order valence-corrected chi connectivity index (χ2v) is 9.87. The van der Waals surface area contributed by atoms with Gasteiger partial charge in [-0.15, -0.1) is 0 Å². The molecule has 0 radical (unpaired) electrons. The topological polar surface area (TPSA) is 69.0 Å². The zero-order valence-corrected chi connectivity index (χ0v) is 22.0. The normalized spacial score (nSPS) is 16.2. The monoisotopic (exact) mass is 516 g/mol. The smallest absolute Gasteiger partial charge is 0.205 e. The lowest BCUT2D eigenvalue weighted by atomic mass is 9.88. The van der Waals surface area contributed by atoms with Gasteiger partial charge in [-0.1, -0.05) is 42.0 Å². The molecule has 0 fully saturated rings. The first-order valence-electron chi connectivity index (χ1n) is 12.9. The van der Waals surface area contributed by atoms with Crippen LogP contribution in [0.4, 0.5) is 5.69 Å². The Kier molecular flexibility index (Phi) is 6.15. The number of aldehydes is 1. The largest absolute Gasteiger partial charge is 0.497 e. The van der Waals surface area contributed by atoms with Crippen LogP contribution in [0.5, 0.6) is 11.5 Å². The van der Waals surface area contributed by atoms with Gasteiger partial charge in [0.2, 0.25) is 5.78 Å². The lowest BCUT2D eigenvalue weighted by Crippen LogP contribution is -2.41. The second-order valence-electron chi connectivity index (χ2n) is 9.87. The molecule has 6 heteroatoms. The Bertz CT molecular complexity index is 1700. The van der Waals surface area contributed by atoms with Gasteiger partial charge in [-0.2, -0.15) is 0 Å². The van der Waals surface area contributed by atoms with Crippen molar-refractivity contribution >= 4 is 23.3 Å². The van der Waals surface area contributed by atoms with Crippen LogP contribution in [-0.4, -0.2) is 29.7 Å². The number of Topliss-reactive ketones (excluding diaryl/α,β-unsaturated/α-hetero) is 1. The number of hydrogen-bond donors (Lipinski definition) is 1. The maximum Gasteiger partial charge on any atom is 0.205 e. The first-order valence-corrected chi connectivity index (χ1v) is 12.9. The molecular weight excluding hydrogens is 488 g/mol. The van der Waals surface area contributed by atoms with Gasteiger partial charge in [0.15, 0.2) is 12.4 Å². The molecule has 6 nitrogen and oxygen atoms in total. The molecule has 3 aromatic carbocycles. The van der Waals surface area contributed by atoms with Gasteiger partial charge >= 0.3 is 0 Å². The Morgan fingerprint density at radius 3 is 2.41 bits per heavy atom. The highest BCUT2D eigenvalue weighted by Crippen LogP contribution is 2.45. The predicted molar refractivity (Wildman–Crippen MR) is 152 cm³/mol. The molecule has 0 spiro atoms. The number of pyridine rings is 1.